The molecule has 49 heavy (non-hydrogen) atoms. The maximum absolute atomic E-state index is 14.1. The van der Waals surface area contributed by atoms with Gasteiger partial charge in [0, 0.05) is 78.3 Å². The minimum Gasteiger partial charge on any atom is -0.404 e. The van der Waals surface area contributed by atoms with Gasteiger partial charge in [-0.2, -0.15) is 0 Å². The van der Waals surface area contributed by atoms with Crippen LogP contribution in [0.25, 0.3) is 22.0 Å². The number of ether oxygens (including phenoxy) is 1. The van der Waals surface area contributed by atoms with E-state index < -0.39 is 45.4 Å². The lowest BCUT2D eigenvalue weighted by Gasteiger charge is -2.35. The number of para-hydroxylation sites is 1. The van der Waals surface area contributed by atoms with Crippen LogP contribution < -0.4 is 15.2 Å². The Morgan fingerprint density at radius 3 is 2.39 bits per heavy atom. The zero-order valence-electron chi connectivity index (χ0n) is 25.5. The molecule has 5 aromatic rings. The van der Waals surface area contributed by atoms with Crippen LogP contribution in [0.15, 0.2) is 96.0 Å². The van der Waals surface area contributed by atoms with E-state index in [9.17, 15) is 35.2 Å². The van der Waals surface area contributed by atoms with Gasteiger partial charge in [0.25, 0.3) is 15.9 Å². The zero-order valence-corrected chi connectivity index (χ0v) is 26.4. The van der Waals surface area contributed by atoms with Gasteiger partial charge in [0.1, 0.15) is 11.6 Å². The number of piperazine rings is 1. The van der Waals surface area contributed by atoms with E-state index in [-0.39, 0.29) is 46.9 Å². The zero-order chi connectivity index (χ0) is 34.9. The van der Waals surface area contributed by atoms with Gasteiger partial charge in [-0.3, -0.25) is 19.4 Å². The molecular formula is C34H28F5N5O4S. The molecule has 3 N–H and O–H groups in total. The molecule has 6 rings (SSSR count). The van der Waals surface area contributed by atoms with Crippen LogP contribution in [0.3, 0.4) is 0 Å². The highest BCUT2D eigenvalue weighted by Gasteiger charge is 2.34. The maximum atomic E-state index is 14.1. The summed E-state index contributed by atoms with van der Waals surface area (Å²) >= 11 is 0. The number of benzene rings is 4. The fourth-order valence-corrected chi connectivity index (χ4v) is 6.92. The average molecular weight is 698 g/mol. The van der Waals surface area contributed by atoms with Crippen molar-refractivity contribution in [2.45, 2.75) is 17.8 Å². The number of rotatable bonds is 8. The minimum absolute atomic E-state index is 0.170. The first-order valence-corrected chi connectivity index (χ1v) is 16.4. The Morgan fingerprint density at radius 2 is 1.65 bits per heavy atom. The SMILES string of the molecule is Nc1ccc(S(=O)(=O)Nc2ccc(C(=O)N3CCN(Cc4ccc(F)cc4F)CC3)cc2OC(F)(F)F)c(-c2cccc3cccnc23)c1. The number of hydrogen-bond acceptors (Lipinski definition) is 7. The van der Waals surface area contributed by atoms with E-state index in [1.165, 1.54) is 35.2 Å². The lowest BCUT2D eigenvalue weighted by Crippen LogP contribution is -2.48. The van der Waals surface area contributed by atoms with Crippen LogP contribution in [0.4, 0.5) is 33.3 Å². The van der Waals surface area contributed by atoms with Crippen LogP contribution >= 0.6 is 0 Å². The fraction of sp³-hybridized carbons (Fsp3) is 0.176. The Bertz CT molecular complexity index is 2150. The molecule has 1 saturated heterocycles. The van der Waals surface area contributed by atoms with E-state index in [0.717, 1.165) is 29.7 Å². The predicted molar refractivity (Wildman–Crippen MR) is 173 cm³/mol. The fourth-order valence-electron chi connectivity index (χ4n) is 5.64. The summed E-state index contributed by atoms with van der Waals surface area (Å²) in [5, 5.41) is 0.725. The van der Waals surface area contributed by atoms with Crippen molar-refractivity contribution in [3.63, 3.8) is 0 Å². The molecule has 4 aromatic carbocycles. The second-order valence-electron chi connectivity index (χ2n) is 11.3. The molecule has 1 fully saturated rings. The van der Waals surface area contributed by atoms with Gasteiger partial charge in [-0.25, -0.2) is 17.2 Å². The average Bonchev–Trinajstić information content (AvgIpc) is 3.05. The van der Waals surface area contributed by atoms with E-state index in [2.05, 4.69) is 14.4 Å². The number of sulfonamides is 1. The number of nitrogen functional groups attached to an aromatic ring is 1. The van der Waals surface area contributed by atoms with Crippen molar-refractivity contribution < 1.29 is 39.9 Å². The normalized spacial score (nSPS) is 14.2. The van der Waals surface area contributed by atoms with Crippen molar-refractivity contribution in [2.75, 3.05) is 36.6 Å². The molecule has 0 saturated carbocycles. The number of pyridine rings is 1. The smallest absolute Gasteiger partial charge is 0.404 e. The first-order chi connectivity index (χ1) is 23.3. The Hall–Kier alpha value is -5.28. The lowest BCUT2D eigenvalue weighted by molar-refractivity contribution is -0.274. The van der Waals surface area contributed by atoms with Crippen molar-refractivity contribution in [1.29, 1.82) is 0 Å². The Balaban J connectivity index is 1.25. The Labute approximate surface area is 277 Å². The van der Waals surface area contributed by atoms with Crippen LogP contribution in [0.2, 0.25) is 0 Å². The molecule has 15 heteroatoms. The number of nitrogens with two attached hydrogens (primary N) is 1. The summed E-state index contributed by atoms with van der Waals surface area (Å²) < 4.78 is 102. The minimum atomic E-state index is -5.22. The highest BCUT2D eigenvalue weighted by atomic mass is 32.2. The Morgan fingerprint density at radius 1 is 0.898 bits per heavy atom. The molecule has 1 amide bonds. The molecule has 9 nitrogen and oxygen atoms in total. The molecule has 2 heterocycles. The van der Waals surface area contributed by atoms with Crippen molar-refractivity contribution in [3.05, 3.63) is 114 Å². The number of carbonyl (C=O) groups is 1. The third kappa shape index (κ3) is 7.57. The number of aromatic nitrogens is 1. The number of nitrogens with zero attached hydrogens (tertiary/aromatic N) is 3. The first kappa shape index (κ1) is 33.6. The number of carbonyl (C=O) groups excluding carboxylic acids is 1. The number of hydrogen-bond donors (Lipinski definition) is 2. The van der Waals surface area contributed by atoms with E-state index in [1.54, 1.807) is 36.5 Å². The van der Waals surface area contributed by atoms with Crippen LogP contribution in [-0.2, 0) is 16.6 Å². The largest absolute Gasteiger partial charge is 0.573 e. The van der Waals surface area contributed by atoms with Crippen molar-refractivity contribution in [1.82, 2.24) is 14.8 Å². The highest BCUT2D eigenvalue weighted by molar-refractivity contribution is 7.92. The van der Waals surface area contributed by atoms with Gasteiger partial charge in [-0.05, 0) is 48.5 Å². The van der Waals surface area contributed by atoms with Gasteiger partial charge in [0.15, 0.2) is 5.75 Å². The first-order valence-electron chi connectivity index (χ1n) is 14.9. The second-order valence-corrected chi connectivity index (χ2v) is 13.0. The van der Waals surface area contributed by atoms with Crippen LogP contribution in [0.5, 0.6) is 5.75 Å². The summed E-state index contributed by atoms with van der Waals surface area (Å²) in [7, 11) is -4.58. The second kappa shape index (κ2) is 13.3. The molecular weight excluding hydrogens is 669 g/mol. The molecule has 0 radical (unpaired) electrons. The van der Waals surface area contributed by atoms with E-state index in [0.29, 0.717) is 24.2 Å². The summed E-state index contributed by atoms with van der Waals surface area (Å²) in [4.78, 5) is 20.7. The number of anilines is 2. The predicted octanol–water partition coefficient (Wildman–Crippen LogP) is 6.42. The van der Waals surface area contributed by atoms with Crippen molar-refractivity contribution in [3.8, 4) is 16.9 Å². The summed E-state index contributed by atoms with van der Waals surface area (Å²) in [5.74, 6) is -2.93. The molecule has 0 aliphatic carbocycles. The summed E-state index contributed by atoms with van der Waals surface area (Å²) in [6, 6.07) is 19.0. The van der Waals surface area contributed by atoms with Crippen molar-refractivity contribution in [2.24, 2.45) is 0 Å². The van der Waals surface area contributed by atoms with Gasteiger partial charge >= 0.3 is 6.36 Å². The summed E-state index contributed by atoms with van der Waals surface area (Å²) in [6.07, 6.45) is -3.67. The van der Waals surface area contributed by atoms with Gasteiger partial charge in [-0.15, -0.1) is 13.2 Å². The number of halogens is 5. The number of nitrogens with one attached hydrogen (secondary N) is 1. The number of alkyl halides is 3. The summed E-state index contributed by atoms with van der Waals surface area (Å²) in [5.41, 5.74) is 6.90. The molecule has 0 unspecified atom stereocenters. The topological polar surface area (TPSA) is 118 Å². The van der Waals surface area contributed by atoms with Crippen LogP contribution in [0, 0.1) is 11.6 Å². The monoisotopic (exact) mass is 697 g/mol. The molecule has 1 aliphatic rings. The van der Waals surface area contributed by atoms with Crippen LogP contribution in [0.1, 0.15) is 15.9 Å². The van der Waals surface area contributed by atoms with Crippen LogP contribution in [-0.4, -0.2) is 61.7 Å². The highest BCUT2D eigenvalue weighted by Crippen LogP contribution is 2.37. The van der Waals surface area contributed by atoms with E-state index >= 15 is 0 Å². The van der Waals surface area contributed by atoms with Gasteiger partial charge < -0.3 is 15.4 Å². The lowest BCUT2D eigenvalue weighted by atomic mass is 10.0. The summed E-state index contributed by atoms with van der Waals surface area (Å²) in [6.45, 7) is 1.17. The quantitative estimate of drug-likeness (QED) is 0.142. The van der Waals surface area contributed by atoms with E-state index in [4.69, 9.17) is 5.73 Å². The number of amides is 1. The standard InChI is InChI=1S/C34H28F5N5O4S/c35-24-8-6-23(28(36)18-24)20-43-13-15-44(16-14-43)33(45)22-7-10-29(30(17-22)48-34(37,38)39)42-49(46,47)31-11-9-25(40)19-27(31)26-5-1-3-21-4-2-12-41-32(21)26/h1-12,17-19,42H,13-16,20,40H2. The van der Waals surface area contributed by atoms with Crippen molar-refractivity contribution >= 4 is 38.2 Å². The van der Waals surface area contributed by atoms with Gasteiger partial charge in [0.05, 0.1) is 16.1 Å². The molecule has 0 spiro atoms. The molecule has 1 aromatic heterocycles. The third-order valence-corrected chi connectivity index (χ3v) is 9.41. The molecule has 0 bridgehead atoms. The van der Waals surface area contributed by atoms with E-state index in [1.807, 2.05) is 4.90 Å². The van der Waals surface area contributed by atoms with Gasteiger partial charge in [0.2, 0.25) is 0 Å². The molecule has 254 valence electrons. The number of fused-ring (bicyclic) bond motifs is 1. The Kier molecular flexibility index (Phi) is 9.14. The maximum Gasteiger partial charge on any atom is 0.573 e. The third-order valence-electron chi connectivity index (χ3n) is 7.98. The molecule has 1 aliphatic heterocycles. The van der Waals surface area contributed by atoms with Gasteiger partial charge in [-0.1, -0.05) is 30.3 Å². The molecule has 0 atom stereocenters.